The molecule has 0 bridgehead atoms. The third-order valence-electron chi connectivity index (χ3n) is 9.47. The molecule has 0 N–H and O–H groups in total. The summed E-state index contributed by atoms with van der Waals surface area (Å²) in [5.41, 5.74) is 3.56. The van der Waals surface area contributed by atoms with Crippen LogP contribution in [0.4, 0.5) is 0 Å². The van der Waals surface area contributed by atoms with Crippen LogP contribution in [0.5, 0.6) is 0 Å². The van der Waals surface area contributed by atoms with Crippen molar-refractivity contribution in [3.8, 4) is 0 Å². The van der Waals surface area contributed by atoms with Gasteiger partial charge in [-0.15, -0.1) is 0 Å². The van der Waals surface area contributed by atoms with Crippen molar-refractivity contribution in [3.63, 3.8) is 0 Å². The first kappa shape index (κ1) is 20.3. The summed E-state index contributed by atoms with van der Waals surface area (Å²) >= 11 is 0. The van der Waals surface area contributed by atoms with Crippen LogP contribution >= 0.6 is 0 Å². The number of unbranched alkanes of at least 4 members (excludes halogenated alkanes) is 1. The van der Waals surface area contributed by atoms with Gasteiger partial charge in [0.2, 0.25) is 0 Å². The van der Waals surface area contributed by atoms with E-state index in [0.717, 1.165) is 55.0 Å². The van der Waals surface area contributed by atoms with Crippen molar-refractivity contribution in [1.29, 1.82) is 0 Å². The molecule has 1 aromatic heterocycles. The molecule has 3 nitrogen and oxygen atoms in total. The largest absolute Gasteiger partial charge is 0.441 e. The summed E-state index contributed by atoms with van der Waals surface area (Å²) in [4.78, 5) is 16.0. The molecule has 0 aliphatic heterocycles. The molecule has 1 heterocycles. The van der Waals surface area contributed by atoms with Gasteiger partial charge < -0.3 is 9.21 Å². The molecule has 4 aliphatic rings. The monoisotopic (exact) mass is 407 g/mol. The lowest BCUT2D eigenvalue weighted by molar-refractivity contribution is -0.110. The van der Waals surface area contributed by atoms with E-state index in [2.05, 4.69) is 37.9 Å². The number of rotatable bonds is 5. The van der Waals surface area contributed by atoms with Gasteiger partial charge in [0.05, 0.1) is 6.20 Å². The van der Waals surface area contributed by atoms with Crippen molar-refractivity contribution in [3.05, 3.63) is 35.6 Å². The van der Waals surface area contributed by atoms with Gasteiger partial charge in [-0.3, -0.25) is 0 Å². The summed E-state index contributed by atoms with van der Waals surface area (Å²) in [5, 5.41) is 0. The van der Waals surface area contributed by atoms with Crippen LogP contribution in [0.1, 0.15) is 90.2 Å². The fourth-order valence-corrected chi connectivity index (χ4v) is 7.69. The van der Waals surface area contributed by atoms with Crippen LogP contribution in [0.25, 0.3) is 5.57 Å². The predicted octanol–water partition coefficient (Wildman–Crippen LogP) is 6.79. The lowest BCUT2D eigenvalue weighted by atomic mass is 9.46. The summed E-state index contributed by atoms with van der Waals surface area (Å²) in [5.74, 6) is 4.36. The van der Waals surface area contributed by atoms with E-state index < -0.39 is 0 Å². The van der Waals surface area contributed by atoms with Gasteiger partial charge in [-0.2, -0.15) is 0 Å². The van der Waals surface area contributed by atoms with E-state index in [-0.39, 0.29) is 11.3 Å². The van der Waals surface area contributed by atoms with Gasteiger partial charge in [0.15, 0.2) is 11.7 Å². The number of nitrogens with zero attached hydrogens (tertiary/aromatic N) is 1. The van der Waals surface area contributed by atoms with Crippen LogP contribution in [0, 0.1) is 34.5 Å². The van der Waals surface area contributed by atoms with Gasteiger partial charge >= 0.3 is 0 Å². The van der Waals surface area contributed by atoms with E-state index in [1.54, 1.807) is 5.57 Å². The molecule has 3 heteroatoms. The molecule has 0 radical (unpaired) electrons. The topological polar surface area (TPSA) is 43.1 Å². The average molecular weight is 408 g/mol. The molecular formula is C27H37NO2. The Morgan fingerprint density at radius 3 is 2.80 bits per heavy atom. The third kappa shape index (κ3) is 2.99. The summed E-state index contributed by atoms with van der Waals surface area (Å²) in [7, 11) is 0. The molecular weight excluding hydrogens is 370 g/mol. The maximum atomic E-state index is 11.4. The molecule has 2 fully saturated rings. The maximum Gasteiger partial charge on any atom is 0.194 e. The number of aromatic nitrogens is 1. The van der Waals surface area contributed by atoms with Crippen molar-refractivity contribution >= 4 is 11.9 Å². The zero-order valence-electron chi connectivity index (χ0n) is 19.0. The van der Waals surface area contributed by atoms with Crippen LogP contribution in [0.2, 0.25) is 0 Å². The molecule has 0 amide bonds. The number of allylic oxidation sites excluding steroid dienone is 4. The van der Waals surface area contributed by atoms with Gasteiger partial charge in [-0.05, 0) is 85.5 Å². The first-order chi connectivity index (χ1) is 14.5. The van der Waals surface area contributed by atoms with E-state index in [9.17, 15) is 4.79 Å². The third-order valence-corrected chi connectivity index (χ3v) is 9.47. The molecule has 0 saturated heterocycles. The second-order valence-electron chi connectivity index (χ2n) is 10.9. The highest BCUT2D eigenvalue weighted by atomic mass is 16.4. The average Bonchev–Trinajstić information content (AvgIpc) is 3.35. The quantitative estimate of drug-likeness (QED) is 0.399. The highest BCUT2D eigenvalue weighted by molar-refractivity contribution is 5.69. The number of hydrogen-bond donors (Lipinski definition) is 0. The minimum atomic E-state index is 0.159. The Morgan fingerprint density at radius 1 is 1.17 bits per heavy atom. The van der Waals surface area contributed by atoms with E-state index in [4.69, 9.17) is 4.42 Å². The van der Waals surface area contributed by atoms with E-state index in [1.807, 2.05) is 6.20 Å². The number of fused-ring (bicyclic) bond motifs is 5. The molecule has 1 unspecified atom stereocenters. The van der Waals surface area contributed by atoms with E-state index in [1.165, 1.54) is 50.5 Å². The number of hydrogen-bond acceptors (Lipinski definition) is 3. The van der Waals surface area contributed by atoms with Crippen molar-refractivity contribution in [1.82, 2.24) is 4.98 Å². The second-order valence-corrected chi connectivity index (χ2v) is 10.9. The fourth-order valence-electron chi connectivity index (χ4n) is 7.69. The molecule has 0 aromatic carbocycles. The van der Waals surface area contributed by atoms with Crippen LogP contribution in [-0.2, 0) is 11.2 Å². The number of aryl methyl sites for hydroxylation is 1. The van der Waals surface area contributed by atoms with Crippen LogP contribution in [-0.4, -0.2) is 11.3 Å². The lowest BCUT2D eigenvalue weighted by Gasteiger charge is -2.58. The van der Waals surface area contributed by atoms with Crippen LogP contribution in [0.3, 0.4) is 0 Å². The Kier molecular flexibility index (Phi) is 5.07. The van der Waals surface area contributed by atoms with Gasteiger partial charge in [0, 0.05) is 12.3 Å². The number of aldehydes is 1. The van der Waals surface area contributed by atoms with Crippen LogP contribution in [0.15, 0.2) is 28.3 Å². The maximum absolute atomic E-state index is 11.4. The molecule has 0 spiro atoms. The number of carbonyl (C=O) groups is 1. The molecule has 4 aliphatic carbocycles. The Morgan fingerprint density at radius 2 is 2.00 bits per heavy atom. The molecule has 30 heavy (non-hydrogen) atoms. The van der Waals surface area contributed by atoms with Gasteiger partial charge in [0.1, 0.15) is 6.29 Å². The molecule has 6 atom stereocenters. The molecule has 5 rings (SSSR count). The Balaban J connectivity index is 1.39. The highest BCUT2D eigenvalue weighted by Crippen LogP contribution is 2.66. The number of oxazole rings is 1. The SMILES string of the molecule is CCCCc1ncc(C2=CC[C@H]3[C@@H]4CCC5=CC(C=O)CC[C@]5(C)[C@H]4CC[C@]23C)o1. The van der Waals surface area contributed by atoms with Gasteiger partial charge in [-0.25, -0.2) is 4.98 Å². The Bertz CT molecular complexity index is 879. The predicted molar refractivity (Wildman–Crippen MR) is 120 cm³/mol. The van der Waals surface area contributed by atoms with Crippen molar-refractivity contribution in [2.75, 3.05) is 0 Å². The standard InChI is InChI=1S/C27H37NO2/c1-4-5-6-25-28-16-24(30-25)23-10-9-21-20-8-7-19-15-18(17-29)11-13-26(19,2)22(20)12-14-27(21,23)3/h10,15-18,20-22H,4-9,11-14H2,1-3H3/t18?,20-,21-,22-,26-,27-/m0/s1. The van der Waals surface area contributed by atoms with Crippen molar-refractivity contribution in [2.24, 2.45) is 34.5 Å². The normalized spacial score (nSPS) is 40.1. The fraction of sp³-hybridized carbons (Fsp3) is 0.704. The summed E-state index contributed by atoms with van der Waals surface area (Å²) < 4.78 is 6.23. The number of carbonyl (C=O) groups excluding carboxylic acids is 1. The lowest BCUT2D eigenvalue weighted by Crippen LogP contribution is -2.49. The first-order valence-electron chi connectivity index (χ1n) is 12.3. The molecule has 162 valence electrons. The summed E-state index contributed by atoms with van der Waals surface area (Å²) in [6, 6.07) is 0. The van der Waals surface area contributed by atoms with Crippen molar-refractivity contribution < 1.29 is 9.21 Å². The Hall–Kier alpha value is -1.64. The first-order valence-corrected chi connectivity index (χ1v) is 12.3. The van der Waals surface area contributed by atoms with Gasteiger partial charge in [0.25, 0.3) is 0 Å². The Labute approximate surface area is 181 Å². The summed E-state index contributed by atoms with van der Waals surface area (Å²) in [6.45, 7) is 7.22. The second kappa shape index (κ2) is 7.50. The van der Waals surface area contributed by atoms with E-state index >= 15 is 0 Å². The minimum Gasteiger partial charge on any atom is -0.441 e. The van der Waals surface area contributed by atoms with Crippen molar-refractivity contribution in [2.45, 2.75) is 85.0 Å². The highest BCUT2D eigenvalue weighted by Gasteiger charge is 2.57. The smallest absolute Gasteiger partial charge is 0.194 e. The zero-order chi connectivity index (χ0) is 20.9. The minimum absolute atomic E-state index is 0.159. The molecule has 2 saturated carbocycles. The summed E-state index contributed by atoms with van der Waals surface area (Å²) in [6.07, 6.45) is 19.7. The van der Waals surface area contributed by atoms with Gasteiger partial charge in [-0.1, -0.05) is 44.9 Å². The van der Waals surface area contributed by atoms with E-state index in [0.29, 0.717) is 5.41 Å². The zero-order valence-corrected chi connectivity index (χ0v) is 19.0. The molecule has 1 aromatic rings. The van der Waals surface area contributed by atoms with Crippen LogP contribution < -0.4 is 0 Å².